The van der Waals surface area contributed by atoms with E-state index in [0.29, 0.717) is 12.4 Å². The summed E-state index contributed by atoms with van der Waals surface area (Å²) in [5, 5.41) is 3.04. The first-order valence-corrected chi connectivity index (χ1v) is 7.33. The van der Waals surface area contributed by atoms with E-state index in [9.17, 15) is 9.59 Å². The molecule has 0 aliphatic carbocycles. The summed E-state index contributed by atoms with van der Waals surface area (Å²) in [6.45, 7) is 2.04. The highest BCUT2D eigenvalue weighted by Gasteiger charge is 2.15. The van der Waals surface area contributed by atoms with Gasteiger partial charge in [-0.3, -0.25) is 0 Å². The number of rotatable bonds is 7. The smallest absolute Gasteiger partial charge is 0.344 e. The van der Waals surface area contributed by atoms with Gasteiger partial charge in [-0.25, -0.2) is 14.6 Å². The summed E-state index contributed by atoms with van der Waals surface area (Å²) in [5.74, 6) is -0.214. The minimum absolute atomic E-state index is 0.218. The lowest BCUT2D eigenvalue weighted by Gasteiger charge is -2.11. The van der Waals surface area contributed by atoms with Crippen molar-refractivity contribution in [3.8, 4) is 5.75 Å². The minimum atomic E-state index is -0.665. The molecule has 2 aromatic rings. The molecule has 0 aliphatic heterocycles. The predicted octanol–water partition coefficient (Wildman–Crippen LogP) is 2.55. The SMILES string of the molecule is CCOc1ccc(Nc2ncccc2C(=O)OCC(=O)OC)cc1. The maximum Gasteiger partial charge on any atom is 0.344 e. The highest BCUT2D eigenvalue weighted by Crippen LogP contribution is 2.21. The number of carbonyl (C=O) groups excluding carboxylic acids is 2. The molecule has 1 heterocycles. The number of nitrogens with one attached hydrogen (secondary N) is 1. The molecule has 0 saturated carbocycles. The molecule has 1 N–H and O–H groups in total. The molecule has 0 radical (unpaired) electrons. The number of ether oxygens (including phenoxy) is 3. The Labute approximate surface area is 139 Å². The number of hydrogen-bond acceptors (Lipinski definition) is 7. The van der Waals surface area contributed by atoms with Crippen LogP contribution in [-0.4, -0.2) is 37.2 Å². The number of carbonyl (C=O) groups is 2. The first-order valence-electron chi connectivity index (χ1n) is 7.33. The van der Waals surface area contributed by atoms with Crippen molar-refractivity contribution < 1.29 is 23.8 Å². The summed E-state index contributed by atoms with van der Waals surface area (Å²) in [6.07, 6.45) is 1.55. The molecule has 1 aromatic carbocycles. The van der Waals surface area contributed by atoms with Gasteiger partial charge in [0.2, 0.25) is 0 Å². The molecule has 0 aliphatic rings. The Kier molecular flexibility index (Phi) is 6.13. The monoisotopic (exact) mass is 330 g/mol. The van der Waals surface area contributed by atoms with Gasteiger partial charge in [-0.2, -0.15) is 0 Å². The van der Waals surface area contributed by atoms with E-state index in [4.69, 9.17) is 9.47 Å². The van der Waals surface area contributed by atoms with Crippen molar-refractivity contribution in [1.82, 2.24) is 4.98 Å². The summed E-state index contributed by atoms with van der Waals surface area (Å²) in [5.41, 5.74) is 0.953. The van der Waals surface area contributed by atoms with Crippen molar-refractivity contribution in [2.24, 2.45) is 0 Å². The average Bonchev–Trinajstić information content (AvgIpc) is 2.61. The number of pyridine rings is 1. The fourth-order valence-electron chi connectivity index (χ4n) is 1.87. The maximum atomic E-state index is 12.1. The van der Waals surface area contributed by atoms with Crippen LogP contribution in [0.15, 0.2) is 42.6 Å². The molecule has 24 heavy (non-hydrogen) atoms. The van der Waals surface area contributed by atoms with Crippen LogP contribution in [0.3, 0.4) is 0 Å². The quantitative estimate of drug-likeness (QED) is 0.781. The van der Waals surface area contributed by atoms with E-state index >= 15 is 0 Å². The van der Waals surface area contributed by atoms with Gasteiger partial charge in [-0.15, -0.1) is 0 Å². The van der Waals surface area contributed by atoms with E-state index in [-0.39, 0.29) is 5.56 Å². The molecule has 0 saturated heterocycles. The highest BCUT2D eigenvalue weighted by molar-refractivity contribution is 5.96. The first kappa shape index (κ1) is 17.3. The second-order valence-corrected chi connectivity index (χ2v) is 4.63. The number of nitrogens with zero attached hydrogens (tertiary/aromatic N) is 1. The lowest BCUT2D eigenvalue weighted by molar-refractivity contribution is -0.144. The van der Waals surface area contributed by atoms with Gasteiger partial charge >= 0.3 is 11.9 Å². The van der Waals surface area contributed by atoms with Crippen molar-refractivity contribution >= 4 is 23.4 Å². The maximum absolute atomic E-state index is 12.1. The molecular weight excluding hydrogens is 312 g/mol. The number of anilines is 2. The molecule has 0 bridgehead atoms. The van der Waals surface area contributed by atoms with Gasteiger partial charge in [0.15, 0.2) is 6.61 Å². The Morgan fingerprint density at radius 2 is 1.92 bits per heavy atom. The molecule has 1 aromatic heterocycles. The largest absolute Gasteiger partial charge is 0.494 e. The van der Waals surface area contributed by atoms with Crippen LogP contribution in [0.5, 0.6) is 5.75 Å². The van der Waals surface area contributed by atoms with Crippen LogP contribution in [0, 0.1) is 0 Å². The molecule has 2 rings (SSSR count). The Hall–Kier alpha value is -3.09. The molecule has 126 valence electrons. The lowest BCUT2D eigenvalue weighted by atomic mass is 10.2. The predicted molar refractivity (Wildman–Crippen MR) is 87.4 cm³/mol. The Balaban J connectivity index is 2.10. The van der Waals surface area contributed by atoms with E-state index in [1.807, 2.05) is 31.2 Å². The zero-order chi connectivity index (χ0) is 17.4. The van der Waals surface area contributed by atoms with Crippen LogP contribution in [0.25, 0.3) is 0 Å². The third kappa shape index (κ3) is 4.70. The molecule has 0 fully saturated rings. The van der Waals surface area contributed by atoms with Crippen LogP contribution >= 0.6 is 0 Å². The third-order valence-electron chi connectivity index (χ3n) is 3.00. The lowest BCUT2D eigenvalue weighted by Crippen LogP contribution is -2.16. The molecule has 0 amide bonds. The summed E-state index contributed by atoms with van der Waals surface area (Å²) in [7, 11) is 1.22. The van der Waals surface area contributed by atoms with Crippen molar-refractivity contribution in [1.29, 1.82) is 0 Å². The fourth-order valence-corrected chi connectivity index (χ4v) is 1.87. The van der Waals surface area contributed by atoms with E-state index in [1.165, 1.54) is 7.11 Å². The number of methoxy groups -OCH3 is 1. The van der Waals surface area contributed by atoms with Crippen LogP contribution in [0.4, 0.5) is 11.5 Å². The first-order chi connectivity index (χ1) is 11.6. The fraction of sp³-hybridized carbons (Fsp3) is 0.235. The molecular formula is C17H18N2O5. The molecule has 0 spiro atoms. The van der Waals surface area contributed by atoms with Crippen molar-refractivity contribution in [3.05, 3.63) is 48.2 Å². The van der Waals surface area contributed by atoms with Gasteiger partial charge in [0.25, 0.3) is 0 Å². The van der Waals surface area contributed by atoms with E-state index < -0.39 is 18.5 Å². The van der Waals surface area contributed by atoms with Crippen LogP contribution < -0.4 is 10.1 Å². The molecule has 7 nitrogen and oxygen atoms in total. The number of hydrogen-bond donors (Lipinski definition) is 1. The van der Waals surface area contributed by atoms with E-state index in [2.05, 4.69) is 15.0 Å². The van der Waals surface area contributed by atoms with E-state index in [1.54, 1.807) is 18.3 Å². The zero-order valence-corrected chi connectivity index (χ0v) is 13.4. The summed E-state index contributed by atoms with van der Waals surface area (Å²) < 4.78 is 14.7. The van der Waals surface area contributed by atoms with Crippen molar-refractivity contribution in [2.75, 3.05) is 25.6 Å². The standard InChI is InChI=1S/C17H18N2O5/c1-3-23-13-8-6-12(7-9-13)19-16-14(5-4-10-18-16)17(21)24-11-15(20)22-2/h4-10H,3,11H2,1-2H3,(H,18,19). The van der Waals surface area contributed by atoms with Crippen LogP contribution in [0.2, 0.25) is 0 Å². The normalized spacial score (nSPS) is 9.92. The van der Waals surface area contributed by atoms with E-state index in [0.717, 1.165) is 11.4 Å². The average molecular weight is 330 g/mol. The van der Waals surface area contributed by atoms with Crippen LogP contribution in [-0.2, 0) is 14.3 Å². The van der Waals surface area contributed by atoms with Gasteiger partial charge in [0.05, 0.1) is 13.7 Å². The molecule has 0 unspecified atom stereocenters. The Morgan fingerprint density at radius 3 is 2.58 bits per heavy atom. The number of esters is 2. The Bertz CT molecular complexity index is 700. The number of benzene rings is 1. The Morgan fingerprint density at radius 1 is 1.17 bits per heavy atom. The minimum Gasteiger partial charge on any atom is -0.494 e. The van der Waals surface area contributed by atoms with Gasteiger partial charge in [0, 0.05) is 11.9 Å². The van der Waals surface area contributed by atoms with Gasteiger partial charge < -0.3 is 19.5 Å². The topological polar surface area (TPSA) is 86.8 Å². The second kappa shape index (κ2) is 8.52. The van der Waals surface area contributed by atoms with Crippen molar-refractivity contribution in [3.63, 3.8) is 0 Å². The summed E-state index contributed by atoms with van der Waals surface area (Å²) in [4.78, 5) is 27.3. The molecule has 7 heteroatoms. The van der Waals surface area contributed by atoms with Crippen LogP contribution in [0.1, 0.15) is 17.3 Å². The number of aromatic nitrogens is 1. The third-order valence-corrected chi connectivity index (χ3v) is 3.00. The van der Waals surface area contributed by atoms with Gasteiger partial charge in [-0.05, 0) is 43.3 Å². The van der Waals surface area contributed by atoms with Crippen molar-refractivity contribution in [2.45, 2.75) is 6.92 Å². The summed E-state index contributed by atoms with van der Waals surface area (Å²) >= 11 is 0. The van der Waals surface area contributed by atoms with Gasteiger partial charge in [0.1, 0.15) is 17.1 Å². The molecule has 0 atom stereocenters. The summed E-state index contributed by atoms with van der Waals surface area (Å²) in [6, 6.07) is 10.4. The second-order valence-electron chi connectivity index (χ2n) is 4.63. The highest BCUT2D eigenvalue weighted by atomic mass is 16.6. The van der Waals surface area contributed by atoms with Gasteiger partial charge in [-0.1, -0.05) is 0 Å². The zero-order valence-electron chi connectivity index (χ0n) is 13.4.